The van der Waals surface area contributed by atoms with Gasteiger partial charge in [0.25, 0.3) is 0 Å². The number of halogens is 1. The number of nitrogens with one attached hydrogen (secondary N) is 1. The number of hydrogen-bond acceptors (Lipinski definition) is 2. The van der Waals surface area contributed by atoms with Crippen molar-refractivity contribution in [3.63, 3.8) is 0 Å². The maximum absolute atomic E-state index is 13.2. The fraction of sp³-hybridized carbons (Fsp3) is 0.231. The molecule has 0 aliphatic rings. The molecule has 0 atom stereocenters. The van der Waals surface area contributed by atoms with E-state index >= 15 is 0 Å². The first-order chi connectivity index (χ1) is 7.81. The molecule has 0 fully saturated rings. The molecule has 1 aromatic carbocycles. The first-order valence-corrected chi connectivity index (χ1v) is 6.27. The standard InChI is InChI=1S/C13H14FNS/c1-2-15-8-11-7-12(14)3-4-13(11)10-5-6-16-9-10/h3-7,9,15H,2,8H2,1H3. The van der Waals surface area contributed by atoms with Gasteiger partial charge in [-0.1, -0.05) is 13.0 Å². The van der Waals surface area contributed by atoms with E-state index in [9.17, 15) is 4.39 Å². The Kier molecular flexibility index (Phi) is 3.70. The summed E-state index contributed by atoms with van der Waals surface area (Å²) in [5.41, 5.74) is 3.29. The van der Waals surface area contributed by atoms with Gasteiger partial charge in [-0.15, -0.1) is 0 Å². The Balaban J connectivity index is 2.36. The highest BCUT2D eigenvalue weighted by molar-refractivity contribution is 7.08. The lowest BCUT2D eigenvalue weighted by Crippen LogP contribution is -2.12. The molecule has 2 rings (SSSR count). The molecule has 0 amide bonds. The third-order valence-electron chi connectivity index (χ3n) is 2.46. The van der Waals surface area contributed by atoms with E-state index in [2.05, 4.69) is 16.8 Å². The fourth-order valence-electron chi connectivity index (χ4n) is 1.67. The summed E-state index contributed by atoms with van der Waals surface area (Å²) < 4.78 is 13.2. The highest BCUT2D eigenvalue weighted by atomic mass is 32.1. The van der Waals surface area contributed by atoms with Crippen LogP contribution in [0.2, 0.25) is 0 Å². The third-order valence-corrected chi connectivity index (χ3v) is 3.15. The summed E-state index contributed by atoms with van der Waals surface area (Å²) in [6, 6.07) is 7.04. The average molecular weight is 235 g/mol. The van der Waals surface area contributed by atoms with Gasteiger partial charge in [-0.05, 0) is 52.2 Å². The van der Waals surface area contributed by atoms with E-state index in [-0.39, 0.29) is 5.82 Å². The summed E-state index contributed by atoms with van der Waals surface area (Å²) in [5, 5.41) is 7.35. The minimum atomic E-state index is -0.174. The van der Waals surface area contributed by atoms with Crippen LogP contribution in [0.1, 0.15) is 12.5 Å². The number of hydrogen-bond donors (Lipinski definition) is 1. The summed E-state index contributed by atoms with van der Waals surface area (Å²) in [6.45, 7) is 3.64. The smallest absolute Gasteiger partial charge is 0.123 e. The van der Waals surface area contributed by atoms with Crippen LogP contribution in [0.25, 0.3) is 11.1 Å². The van der Waals surface area contributed by atoms with E-state index in [1.54, 1.807) is 17.4 Å². The van der Waals surface area contributed by atoms with Crippen LogP contribution in [0, 0.1) is 5.82 Å². The van der Waals surface area contributed by atoms with Gasteiger partial charge < -0.3 is 5.32 Å². The predicted molar refractivity (Wildman–Crippen MR) is 67.1 cm³/mol. The highest BCUT2D eigenvalue weighted by Gasteiger charge is 2.06. The van der Waals surface area contributed by atoms with E-state index in [0.717, 1.165) is 23.2 Å². The molecule has 0 bridgehead atoms. The number of thiophene rings is 1. The zero-order valence-corrected chi connectivity index (χ0v) is 9.98. The Hall–Kier alpha value is -1.19. The molecule has 0 radical (unpaired) electrons. The van der Waals surface area contributed by atoms with Crippen LogP contribution >= 0.6 is 11.3 Å². The normalized spacial score (nSPS) is 10.6. The van der Waals surface area contributed by atoms with Gasteiger partial charge in [0.2, 0.25) is 0 Å². The number of benzene rings is 1. The lowest BCUT2D eigenvalue weighted by atomic mass is 10.0. The minimum absolute atomic E-state index is 0.174. The van der Waals surface area contributed by atoms with Gasteiger partial charge >= 0.3 is 0 Å². The fourth-order valence-corrected chi connectivity index (χ4v) is 2.32. The van der Waals surface area contributed by atoms with Gasteiger partial charge in [0.15, 0.2) is 0 Å². The van der Waals surface area contributed by atoms with Gasteiger partial charge in [-0.3, -0.25) is 0 Å². The monoisotopic (exact) mass is 235 g/mol. The molecule has 0 unspecified atom stereocenters. The Morgan fingerprint density at radius 3 is 2.88 bits per heavy atom. The molecular weight excluding hydrogens is 221 g/mol. The molecule has 0 spiro atoms. The quantitative estimate of drug-likeness (QED) is 0.852. The van der Waals surface area contributed by atoms with Crippen LogP contribution in [0.15, 0.2) is 35.0 Å². The molecule has 3 heteroatoms. The average Bonchev–Trinajstić information content (AvgIpc) is 2.80. The zero-order valence-electron chi connectivity index (χ0n) is 9.16. The second-order valence-electron chi connectivity index (χ2n) is 3.59. The predicted octanol–water partition coefficient (Wildman–Crippen LogP) is 3.66. The summed E-state index contributed by atoms with van der Waals surface area (Å²) in [7, 11) is 0. The third kappa shape index (κ3) is 2.49. The van der Waals surface area contributed by atoms with Crippen molar-refractivity contribution in [2.45, 2.75) is 13.5 Å². The summed E-state index contributed by atoms with van der Waals surface area (Å²) in [5.74, 6) is -0.174. The molecule has 1 N–H and O–H groups in total. The lowest BCUT2D eigenvalue weighted by molar-refractivity contribution is 0.622. The maximum atomic E-state index is 13.2. The van der Waals surface area contributed by atoms with Crippen molar-refractivity contribution in [2.75, 3.05) is 6.54 Å². The number of rotatable bonds is 4. The lowest BCUT2D eigenvalue weighted by Gasteiger charge is -2.08. The molecular formula is C13H14FNS. The van der Waals surface area contributed by atoms with Crippen LogP contribution in [-0.4, -0.2) is 6.54 Å². The molecule has 0 aliphatic carbocycles. The van der Waals surface area contributed by atoms with Crippen LogP contribution in [0.3, 0.4) is 0 Å². The molecule has 0 aliphatic heterocycles. The van der Waals surface area contributed by atoms with E-state index in [1.807, 2.05) is 18.4 Å². The molecule has 1 heterocycles. The highest BCUT2D eigenvalue weighted by Crippen LogP contribution is 2.26. The first kappa shape index (κ1) is 11.3. The van der Waals surface area contributed by atoms with Crippen LogP contribution in [0.4, 0.5) is 4.39 Å². The Labute approximate surface area is 98.9 Å². The molecule has 1 nitrogen and oxygen atoms in total. The Bertz CT molecular complexity index is 451. The van der Waals surface area contributed by atoms with Gasteiger partial charge in [0.05, 0.1) is 0 Å². The van der Waals surface area contributed by atoms with Crippen LogP contribution < -0.4 is 5.32 Å². The van der Waals surface area contributed by atoms with Crippen molar-refractivity contribution in [1.29, 1.82) is 0 Å². The molecule has 84 valence electrons. The van der Waals surface area contributed by atoms with Crippen LogP contribution in [0.5, 0.6) is 0 Å². The van der Waals surface area contributed by atoms with E-state index in [4.69, 9.17) is 0 Å². The van der Waals surface area contributed by atoms with Gasteiger partial charge in [0, 0.05) is 6.54 Å². The van der Waals surface area contributed by atoms with Crippen LogP contribution in [-0.2, 0) is 6.54 Å². The van der Waals surface area contributed by atoms with Crippen molar-refractivity contribution < 1.29 is 4.39 Å². The molecule has 0 saturated carbocycles. The van der Waals surface area contributed by atoms with E-state index < -0.39 is 0 Å². The topological polar surface area (TPSA) is 12.0 Å². The second kappa shape index (κ2) is 5.23. The van der Waals surface area contributed by atoms with Gasteiger partial charge in [0.1, 0.15) is 5.82 Å². The molecule has 0 saturated heterocycles. The largest absolute Gasteiger partial charge is 0.313 e. The Morgan fingerprint density at radius 2 is 2.19 bits per heavy atom. The first-order valence-electron chi connectivity index (χ1n) is 5.33. The van der Waals surface area contributed by atoms with Crippen molar-refractivity contribution in [3.05, 3.63) is 46.4 Å². The van der Waals surface area contributed by atoms with Crippen molar-refractivity contribution >= 4 is 11.3 Å². The molecule has 1 aromatic heterocycles. The molecule has 16 heavy (non-hydrogen) atoms. The Morgan fingerprint density at radius 1 is 1.31 bits per heavy atom. The summed E-state index contributed by atoms with van der Waals surface area (Å²) in [4.78, 5) is 0. The SMILES string of the molecule is CCNCc1cc(F)ccc1-c1ccsc1. The van der Waals surface area contributed by atoms with Crippen molar-refractivity contribution in [2.24, 2.45) is 0 Å². The van der Waals surface area contributed by atoms with Gasteiger partial charge in [-0.2, -0.15) is 11.3 Å². The zero-order chi connectivity index (χ0) is 11.4. The second-order valence-corrected chi connectivity index (χ2v) is 4.37. The van der Waals surface area contributed by atoms with Crippen molar-refractivity contribution in [1.82, 2.24) is 5.32 Å². The van der Waals surface area contributed by atoms with Gasteiger partial charge in [-0.25, -0.2) is 4.39 Å². The maximum Gasteiger partial charge on any atom is 0.123 e. The van der Waals surface area contributed by atoms with Crippen molar-refractivity contribution in [3.8, 4) is 11.1 Å². The minimum Gasteiger partial charge on any atom is -0.313 e. The molecule has 2 aromatic rings. The summed E-state index contributed by atoms with van der Waals surface area (Å²) >= 11 is 1.66. The summed E-state index contributed by atoms with van der Waals surface area (Å²) in [6.07, 6.45) is 0. The van der Waals surface area contributed by atoms with E-state index in [1.165, 1.54) is 6.07 Å². The van der Waals surface area contributed by atoms with E-state index in [0.29, 0.717) is 6.54 Å².